The van der Waals surface area contributed by atoms with Crippen molar-refractivity contribution in [1.82, 2.24) is 5.32 Å². The summed E-state index contributed by atoms with van der Waals surface area (Å²) < 4.78 is 5.62. The third kappa shape index (κ3) is 4.94. The second-order valence-electron chi connectivity index (χ2n) is 6.06. The highest BCUT2D eigenvalue weighted by atomic mass is 16.5. The summed E-state index contributed by atoms with van der Waals surface area (Å²) in [6.45, 7) is 1.01. The molecule has 8 nitrogen and oxygen atoms in total. The summed E-state index contributed by atoms with van der Waals surface area (Å²) in [4.78, 5) is 46.5. The number of hydrogen-bond donors (Lipinski definition) is 3. The summed E-state index contributed by atoms with van der Waals surface area (Å²) in [5, 5.41) is 20.5. The predicted molar refractivity (Wildman–Crippen MR) is 98.3 cm³/mol. The van der Waals surface area contributed by atoms with Crippen LogP contribution in [0.15, 0.2) is 54.6 Å². The van der Waals surface area contributed by atoms with Gasteiger partial charge in [0.1, 0.15) is 11.5 Å². The van der Waals surface area contributed by atoms with E-state index in [0.717, 1.165) is 6.92 Å². The van der Waals surface area contributed by atoms with Gasteiger partial charge in [0, 0.05) is 18.9 Å². The predicted octanol–water partition coefficient (Wildman–Crippen LogP) is 2.49. The minimum absolute atomic E-state index is 0.271. The molecule has 0 saturated heterocycles. The van der Waals surface area contributed by atoms with Gasteiger partial charge in [-0.05, 0) is 42.8 Å². The van der Waals surface area contributed by atoms with Crippen molar-refractivity contribution in [3.05, 3.63) is 60.2 Å². The van der Waals surface area contributed by atoms with Crippen LogP contribution in [0.1, 0.15) is 30.1 Å². The Morgan fingerprint density at radius 1 is 0.893 bits per heavy atom. The molecule has 0 aromatic heterocycles. The molecule has 3 N–H and O–H groups in total. The molecular weight excluding hydrogens is 366 g/mol. The molecule has 0 aliphatic carbocycles. The number of hydrogen-bond acceptors (Lipinski definition) is 5. The van der Waals surface area contributed by atoms with Crippen molar-refractivity contribution in [2.24, 2.45) is 0 Å². The zero-order valence-electron chi connectivity index (χ0n) is 15.0. The maximum Gasteiger partial charge on any atom is 0.341 e. The van der Waals surface area contributed by atoms with E-state index in [2.05, 4.69) is 0 Å². The Kier molecular flexibility index (Phi) is 6.49. The molecule has 0 spiro atoms. The van der Waals surface area contributed by atoms with Crippen LogP contribution >= 0.6 is 0 Å². The molecule has 28 heavy (non-hydrogen) atoms. The molecule has 0 aliphatic rings. The van der Waals surface area contributed by atoms with E-state index in [1.165, 1.54) is 12.1 Å². The molecule has 146 valence electrons. The zero-order chi connectivity index (χ0) is 20.7. The van der Waals surface area contributed by atoms with Gasteiger partial charge in [-0.15, -0.1) is 0 Å². The highest BCUT2D eigenvalue weighted by molar-refractivity contribution is 6.07. The molecule has 0 aliphatic heterocycles. The van der Waals surface area contributed by atoms with Gasteiger partial charge in [0.15, 0.2) is 5.78 Å². The summed E-state index contributed by atoms with van der Waals surface area (Å²) in [5.41, 5.74) is -2.29. The van der Waals surface area contributed by atoms with Gasteiger partial charge in [0.05, 0.1) is 0 Å². The van der Waals surface area contributed by atoms with Crippen LogP contribution in [0.3, 0.4) is 0 Å². The van der Waals surface area contributed by atoms with Crippen LogP contribution in [-0.2, 0) is 14.4 Å². The number of carboxylic acid groups (broad SMARTS) is 2. The molecule has 0 unspecified atom stereocenters. The number of para-hydroxylation sites is 1. The van der Waals surface area contributed by atoms with Crippen molar-refractivity contribution in [2.45, 2.75) is 25.3 Å². The average molecular weight is 385 g/mol. The Morgan fingerprint density at radius 3 is 1.93 bits per heavy atom. The number of carboxylic acids is 2. The van der Waals surface area contributed by atoms with Gasteiger partial charge in [-0.1, -0.05) is 18.2 Å². The minimum atomic E-state index is -2.56. The second-order valence-corrected chi connectivity index (χ2v) is 6.06. The Hall–Kier alpha value is -3.68. The number of carbonyl (C=O) groups excluding carboxylic acids is 2. The summed E-state index contributed by atoms with van der Waals surface area (Å²) in [6, 6.07) is 15.2. The van der Waals surface area contributed by atoms with Gasteiger partial charge in [-0.3, -0.25) is 9.59 Å². The number of ketones is 1. The third-order valence-corrected chi connectivity index (χ3v) is 4.00. The first-order valence-electron chi connectivity index (χ1n) is 8.36. The van der Waals surface area contributed by atoms with E-state index >= 15 is 0 Å². The number of carbonyl (C=O) groups is 4. The second kappa shape index (κ2) is 8.81. The first-order chi connectivity index (χ1) is 13.2. The lowest BCUT2D eigenvalue weighted by atomic mass is 9.90. The SMILES string of the molecule is CC(=O)NC(CCC(=O)c1ccc(Oc2ccccc2)cc1)(C(=O)O)C(=O)O. The van der Waals surface area contributed by atoms with Crippen molar-refractivity contribution >= 4 is 23.6 Å². The highest BCUT2D eigenvalue weighted by Gasteiger charge is 2.47. The van der Waals surface area contributed by atoms with Crippen LogP contribution in [0.2, 0.25) is 0 Å². The van der Waals surface area contributed by atoms with Crippen LogP contribution in [-0.4, -0.2) is 39.4 Å². The van der Waals surface area contributed by atoms with Crippen LogP contribution < -0.4 is 10.1 Å². The fraction of sp³-hybridized carbons (Fsp3) is 0.200. The fourth-order valence-electron chi connectivity index (χ4n) is 2.55. The lowest BCUT2D eigenvalue weighted by Crippen LogP contribution is -2.59. The largest absolute Gasteiger partial charge is 0.479 e. The standard InChI is InChI=1S/C20H19NO7/c1-13(22)21-20(18(24)25,19(26)27)12-11-17(23)14-7-9-16(10-8-14)28-15-5-3-2-4-6-15/h2-10H,11-12H2,1H3,(H,21,22)(H,24,25)(H,26,27). The molecule has 2 aromatic carbocycles. The normalized spacial score (nSPS) is 10.8. The Labute approximate surface area is 160 Å². The highest BCUT2D eigenvalue weighted by Crippen LogP contribution is 2.22. The summed E-state index contributed by atoms with van der Waals surface area (Å²) in [6.07, 6.45) is -0.962. The van der Waals surface area contributed by atoms with Crippen molar-refractivity contribution in [1.29, 1.82) is 0 Å². The molecule has 1 amide bonds. The lowest BCUT2D eigenvalue weighted by Gasteiger charge is -2.25. The van der Waals surface area contributed by atoms with E-state index in [-0.39, 0.29) is 12.0 Å². The first-order valence-corrected chi connectivity index (χ1v) is 8.36. The summed E-state index contributed by atoms with van der Waals surface area (Å²) in [5.74, 6) is -3.62. The molecule has 0 heterocycles. The van der Waals surface area contributed by atoms with E-state index in [4.69, 9.17) is 4.74 Å². The minimum Gasteiger partial charge on any atom is -0.479 e. The maximum atomic E-state index is 12.4. The molecule has 8 heteroatoms. The zero-order valence-corrected chi connectivity index (χ0v) is 15.0. The third-order valence-electron chi connectivity index (χ3n) is 4.00. The monoisotopic (exact) mass is 385 g/mol. The molecule has 0 atom stereocenters. The van der Waals surface area contributed by atoms with Gasteiger partial charge in [0.25, 0.3) is 0 Å². The summed E-state index contributed by atoms with van der Waals surface area (Å²) in [7, 11) is 0. The Bertz CT molecular complexity index is 861. The van der Waals surface area contributed by atoms with Crippen molar-refractivity contribution in [2.75, 3.05) is 0 Å². The van der Waals surface area contributed by atoms with Crippen molar-refractivity contribution in [3.63, 3.8) is 0 Å². The number of aliphatic carboxylic acids is 2. The smallest absolute Gasteiger partial charge is 0.341 e. The van der Waals surface area contributed by atoms with Gasteiger partial charge >= 0.3 is 11.9 Å². The number of nitrogens with one attached hydrogen (secondary N) is 1. The molecule has 2 rings (SSSR count). The van der Waals surface area contributed by atoms with Crippen LogP contribution in [0, 0.1) is 0 Å². The van der Waals surface area contributed by atoms with E-state index in [1.807, 2.05) is 23.5 Å². The van der Waals surface area contributed by atoms with Crippen LogP contribution in [0.25, 0.3) is 0 Å². The number of Topliss-reactive ketones (excluding diaryl/α,β-unsaturated/α-hetero) is 1. The molecular formula is C20H19NO7. The quantitative estimate of drug-likeness (QED) is 0.446. The molecule has 0 bridgehead atoms. The molecule has 2 aromatic rings. The number of benzene rings is 2. The van der Waals surface area contributed by atoms with Crippen LogP contribution in [0.5, 0.6) is 11.5 Å². The lowest BCUT2D eigenvalue weighted by molar-refractivity contribution is -0.161. The van der Waals surface area contributed by atoms with E-state index < -0.39 is 35.6 Å². The number of amides is 1. The van der Waals surface area contributed by atoms with Gasteiger partial charge in [0.2, 0.25) is 11.4 Å². The van der Waals surface area contributed by atoms with E-state index in [1.54, 1.807) is 24.3 Å². The topological polar surface area (TPSA) is 130 Å². The van der Waals surface area contributed by atoms with Crippen molar-refractivity contribution in [3.8, 4) is 11.5 Å². The molecule has 0 saturated carbocycles. The maximum absolute atomic E-state index is 12.4. The molecule has 0 radical (unpaired) electrons. The number of ether oxygens (including phenoxy) is 1. The average Bonchev–Trinajstić information content (AvgIpc) is 2.65. The van der Waals surface area contributed by atoms with Crippen molar-refractivity contribution < 1.29 is 34.1 Å². The van der Waals surface area contributed by atoms with Gasteiger partial charge in [-0.2, -0.15) is 0 Å². The fourth-order valence-corrected chi connectivity index (χ4v) is 2.55. The summed E-state index contributed by atoms with van der Waals surface area (Å²) >= 11 is 0. The number of rotatable bonds is 9. The van der Waals surface area contributed by atoms with Gasteiger partial charge < -0.3 is 20.3 Å². The van der Waals surface area contributed by atoms with E-state index in [0.29, 0.717) is 11.5 Å². The van der Waals surface area contributed by atoms with Gasteiger partial charge in [-0.25, -0.2) is 9.59 Å². The Balaban J connectivity index is 2.08. The van der Waals surface area contributed by atoms with E-state index in [9.17, 15) is 29.4 Å². The Morgan fingerprint density at radius 2 is 1.43 bits per heavy atom. The van der Waals surface area contributed by atoms with Crippen LogP contribution in [0.4, 0.5) is 0 Å². The molecule has 0 fully saturated rings. The first kappa shape index (κ1) is 20.6.